The highest BCUT2D eigenvalue weighted by molar-refractivity contribution is 6.76. The molecule has 0 radical (unpaired) electrons. The largest absolute Gasteiger partial charge is 0.307 e. The molecular formula is C16H29NSi. The number of benzene rings is 1. The van der Waals surface area contributed by atoms with Crippen molar-refractivity contribution >= 4 is 8.07 Å². The topological polar surface area (TPSA) is 12.0 Å². The Labute approximate surface area is 114 Å². The minimum Gasteiger partial charge on any atom is -0.307 e. The second-order valence-electron chi connectivity index (χ2n) is 6.50. The van der Waals surface area contributed by atoms with Gasteiger partial charge in [-0.05, 0) is 25.3 Å². The van der Waals surface area contributed by atoms with Crippen LogP contribution >= 0.6 is 0 Å². The Bertz CT molecular complexity index is 329. The van der Waals surface area contributed by atoms with E-state index in [1.165, 1.54) is 24.4 Å². The maximum Gasteiger partial charge on any atom is 0.0443 e. The predicted molar refractivity (Wildman–Crippen MR) is 84.8 cm³/mol. The fourth-order valence-corrected chi connectivity index (χ4v) is 3.42. The molecule has 0 bridgehead atoms. The summed E-state index contributed by atoms with van der Waals surface area (Å²) in [5, 5.41) is 3.78. The van der Waals surface area contributed by atoms with Gasteiger partial charge in [0.2, 0.25) is 0 Å². The van der Waals surface area contributed by atoms with Crippen LogP contribution in [0.2, 0.25) is 25.7 Å². The molecule has 1 rings (SSSR count). The average molecular weight is 264 g/mol. The van der Waals surface area contributed by atoms with Crippen molar-refractivity contribution in [3.63, 3.8) is 0 Å². The Balaban J connectivity index is 2.48. The van der Waals surface area contributed by atoms with E-state index >= 15 is 0 Å². The summed E-state index contributed by atoms with van der Waals surface area (Å²) in [5.74, 6) is 0. The van der Waals surface area contributed by atoms with Crippen molar-refractivity contribution in [3.8, 4) is 0 Å². The molecule has 102 valence electrons. The summed E-state index contributed by atoms with van der Waals surface area (Å²) in [7, 11) is -0.907. The highest BCUT2D eigenvalue weighted by Gasteiger charge is 2.17. The van der Waals surface area contributed by atoms with Crippen LogP contribution in [-0.4, -0.2) is 14.1 Å². The van der Waals surface area contributed by atoms with Crippen molar-refractivity contribution in [1.82, 2.24) is 5.32 Å². The predicted octanol–water partition coefficient (Wildman–Crippen LogP) is 4.84. The Morgan fingerprint density at radius 1 is 1.11 bits per heavy atom. The highest BCUT2D eigenvalue weighted by Crippen LogP contribution is 2.18. The normalized spacial score (nSPS) is 15.4. The minimum atomic E-state index is -0.907. The van der Waals surface area contributed by atoms with Crippen LogP contribution in [-0.2, 0) is 0 Å². The average Bonchev–Trinajstić information content (AvgIpc) is 2.34. The van der Waals surface area contributed by atoms with Crippen LogP contribution in [0.4, 0.5) is 0 Å². The van der Waals surface area contributed by atoms with Gasteiger partial charge >= 0.3 is 0 Å². The Morgan fingerprint density at radius 3 is 2.22 bits per heavy atom. The summed E-state index contributed by atoms with van der Waals surface area (Å²) in [6, 6.07) is 13.3. The van der Waals surface area contributed by atoms with Crippen molar-refractivity contribution in [2.45, 2.75) is 64.5 Å². The molecule has 1 N–H and O–H groups in total. The first-order valence-corrected chi connectivity index (χ1v) is 10.9. The minimum absolute atomic E-state index is 0.456. The van der Waals surface area contributed by atoms with E-state index in [9.17, 15) is 0 Å². The van der Waals surface area contributed by atoms with Gasteiger partial charge in [0.1, 0.15) is 0 Å². The van der Waals surface area contributed by atoms with Crippen LogP contribution in [0.1, 0.15) is 38.3 Å². The summed E-state index contributed by atoms with van der Waals surface area (Å²) in [4.78, 5) is 0. The third-order valence-electron chi connectivity index (χ3n) is 3.52. The molecule has 0 heterocycles. The third-order valence-corrected chi connectivity index (χ3v) is 5.31. The van der Waals surface area contributed by atoms with Gasteiger partial charge in [-0.3, -0.25) is 0 Å². The van der Waals surface area contributed by atoms with Crippen molar-refractivity contribution < 1.29 is 0 Å². The van der Waals surface area contributed by atoms with Crippen LogP contribution in [0.25, 0.3) is 0 Å². The molecule has 1 nitrogen and oxygen atoms in total. The zero-order valence-corrected chi connectivity index (χ0v) is 13.7. The summed E-state index contributed by atoms with van der Waals surface area (Å²) in [6.07, 6.45) is 2.55. The van der Waals surface area contributed by atoms with E-state index in [0.717, 1.165) is 0 Å². The zero-order chi connectivity index (χ0) is 13.6. The van der Waals surface area contributed by atoms with Crippen molar-refractivity contribution in [3.05, 3.63) is 35.9 Å². The van der Waals surface area contributed by atoms with Gasteiger partial charge in [0, 0.05) is 20.2 Å². The van der Waals surface area contributed by atoms with Gasteiger partial charge in [0.15, 0.2) is 0 Å². The van der Waals surface area contributed by atoms with Gasteiger partial charge in [0.05, 0.1) is 0 Å². The number of nitrogens with one attached hydrogen (secondary N) is 1. The zero-order valence-electron chi connectivity index (χ0n) is 12.7. The van der Waals surface area contributed by atoms with E-state index in [0.29, 0.717) is 12.1 Å². The first-order chi connectivity index (χ1) is 8.42. The number of hydrogen-bond donors (Lipinski definition) is 1. The number of hydrogen-bond acceptors (Lipinski definition) is 1. The fourth-order valence-electron chi connectivity index (χ4n) is 2.20. The maximum atomic E-state index is 3.78. The van der Waals surface area contributed by atoms with Crippen LogP contribution in [0, 0.1) is 0 Å². The van der Waals surface area contributed by atoms with Crippen LogP contribution in [0.5, 0.6) is 0 Å². The monoisotopic (exact) mass is 263 g/mol. The third kappa shape index (κ3) is 5.83. The summed E-state index contributed by atoms with van der Waals surface area (Å²) >= 11 is 0. The van der Waals surface area contributed by atoms with Gasteiger partial charge in [-0.2, -0.15) is 0 Å². The lowest BCUT2D eigenvalue weighted by Gasteiger charge is -2.25. The quantitative estimate of drug-likeness (QED) is 0.694. The maximum absolute atomic E-state index is 3.78. The Morgan fingerprint density at radius 2 is 1.72 bits per heavy atom. The van der Waals surface area contributed by atoms with Gasteiger partial charge in [-0.1, -0.05) is 62.9 Å². The van der Waals surface area contributed by atoms with E-state index in [1.54, 1.807) is 0 Å². The van der Waals surface area contributed by atoms with Crippen molar-refractivity contribution in [2.24, 2.45) is 0 Å². The molecule has 2 atom stereocenters. The lowest BCUT2D eigenvalue weighted by Crippen LogP contribution is -2.33. The lowest BCUT2D eigenvalue weighted by atomic mass is 10.1. The fraction of sp³-hybridized carbons (Fsp3) is 0.625. The molecule has 0 aliphatic heterocycles. The lowest BCUT2D eigenvalue weighted by molar-refractivity contribution is 0.431. The SMILES string of the molecule is CCC(CC[Si](C)(C)C)N[C@H](C)c1ccccc1. The molecule has 1 aromatic carbocycles. The molecule has 0 fully saturated rings. The molecular weight excluding hydrogens is 234 g/mol. The van der Waals surface area contributed by atoms with Crippen LogP contribution in [0.3, 0.4) is 0 Å². The molecule has 0 aromatic heterocycles. The molecule has 2 heteroatoms. The molecule has 1 unspecified atom stereocenters. The van der Waals surface area contributed by atoms with Gasteiger partial charge in [-0.15, -0.1) is 0 Å². The van der Waals surface area contributed by atoms with Gasteiger partial charge < -0.3 is 5.32 Å². The second-order valence-corrected chi connectivity index (χ2v) is 12.1. The Hall–Kier alpha value is -0.603. The summed E-state index contributed by atoms with van der Waals surface area (Å²) in [5.41, 5.74) is 1.39. The molecule has 0 aliphatic carbocycles. The molecule has 0 saturated heterocycles. The van der Waals surface area contributed by atoms with Crippen molar-refractivity contribution in [1.29, 1.82) is 0 Å². The Kier molecular flexibility index (Phi) is 6.10. The highest BCUT2D eigenvalue weighted by atomic mass is 28.3. The molecule has 0 aliphatic rings. The van der Waals surface area contributed by atoms with Crippen LogP contribution in [0.15, 0.2) is 30.3 Å². The standard InChI is InChI=1S/C16H29NSi/c1-6-16(12-13-18(3,4)5)17-14(2)15-10-8-7-9-11-15/h7-11,14,16-17H,6,12-13H2,1-5H3/t14-,16?/m1/s1. The number of rotatable bonds is 7. The smallest absolute Gasteiger partial charge is 0.0443 e. The first kappa shape index (κ1) is 15.5. The first-order valence-electron chi connectivity index (χ1n) is 7.23. The van der Waals surface area contributed by atoms with E-state index < -0.39 is 8.07 Å². The summed E-state index contributed by atoms with van der Waals surface area (Å²) < 4.78 is 0. The van der Waals surface area contributed by atoms with Gasteiger partial charge in [-0.25, -0.2) is 0 Å². The second kappa shape index (κ2) is 7.10. The molecule has 0 saturated carbocycles. The van der Waals surface area contributed by atoms with Gasteiger partial charge in [0.25, 0.3) is 0 Å². The molecule has 0 amide bonds. The van der Waals surface area contributed by atoms with Crippen molar-refractivity contribution in [2.75, 3.05) is 0 Å². The summed E-state index contributed by atoms with van der Waals surface area (Å²) in [6.45, 7) is 11.9. The van der Waals surface area contributed by atoms with E-state index in [2.05, 4.69) is 69.1 Å². The van der Waals surface area contributed by atoms with E-state index in [-0.39, 0.29) is 0 Å². The molecule has 0 spiro atoms. The van der Waals surface area contributed by atoms with E-state index in [1.807, 2.05) is 0 Å². The van der Waals surface area contributed by atoms with Crippen LogP contribution < -0.4 is 5.32 Å². The molecule has 1 aromatic rings. The van der Waals surface area contributed by atoms with E-state index in [4.69, 9.17) is 0 Å². The molecule has 18 heavy (non-hydrogen) atoms.